The molecule has 2 fully saturated rings. The predicted molar refractivity (Wildman–Crippen MR) is 67.5 cm³/mol. The van der Waals surface area contributed by atoms with E-state index in [2.05, 4.69) is 29.5 Å². The molecule has 0 radical (unpaired) electrons. The van der Waals surface area contributed by atoms with Crippen LogP contribution in [-0.4, -0.2) is 54.2 Å². The largest absolute Gasteiger partial charge is 0.352 e. The van der Waals surface area contributed by atoms with Crippen LogP contribution in [-0.2, 0) is 4.79 Å². The van der Waals surface area contributed by atoms with E-state index in [4.69, 9.17) is 0 Å². The lowest BCUT2D eigenvalue weighted by Gasteiger charge is -2.35. The number of nitrogens with one attached hydrogen (secondary N) is 2. The number of hydrogen-bond donors (Lipinski definition) is 2. The monoisotopic (exact) mass is 243 g/mol. The van der Waals surface area contributed by atoms with Gasteiger partial charge in [-0.15, -0.1) is 11.8 Å². The van der Waals surface area contributed by atoms with Gasteiger partial charge in [0.25, 0.3) is 0 Å². The second-order valence-corrected chi connectivity index (χ2v) is 5.86. The van der Waals surface area contributed by atoms with E-state index < -0.39 is 0 Å². The number of likely N-dealkylation sites (tertiary alicyclic amines) is 1. The van der Waals surface area contributed by atoms with Gasteiger partial charge in [-0.1, -0.05) is 0 Å². The first-order chi connectivity index (χ1) is 7.66. The van der Waals surface area contributed by atoms with Crippen molar-refractivity contribution in [3.8, 4) is 0 Å². The number of rotatable bonds is 2. The van der Waals surface area contributed by atoms with Gasteiger partial charge in [-0.2, -0.15) is 0 Å². The molecule has 0 spiro atoms. The summed E-state index contributed by atoms with van der Waals surface area (Å²) in [6, 6.07) is 0.969. The maximum atomic E-state index is 11.9. The Morgan fingerprint density at radius 1 is 1.56 bits per heavy atom. The van der Waals surface area contributed by atoms with Gasteiger partial charge < -0.3 is 10.2 Å². The van der Waals surface area contributed by atoms with E-state index in [1.54, 1.807) is 11.8 Å². The number of carbonyl (C=O) groups excluding carboxylic acids is 1. The molecule has 4 nitrogen and oxygen atoms in total. The van der Waals surface area contributed by atoms with Gasteiger partial charge in [0.2, 0.25) is 5.91 Å². The minimum absolute atomic E-state index is 0.0277. The summed E-state index contributed by atoms with van der Waals surface area (Å²) < 4.78 is 0. The molecule has 16 heavy (non-hydrogen) atoms. The SMILES string of the molecule is CC1CC(NC(=O)C2CSCN2)CCN1C. The van der Waals surface area contributed by atoms with E-state index in [1.807, 2.05) is 0 Å². The van der Waals surface area contributed by atoms with Gasteiger partial charge in [-0.3, -0.25) is 10.1 Å². The fourth-order valence-corrected chi connectivity index (χ4v) is 3.23. The topological polar surface area (TPSA) is 44.4 Å². The Hall–Kier alpha value is -0.260. The normalized spacial score (nSPS) is 36.2. The summed E-state index contributed by atoms with van der Waals surface area (Å²) in [7, 11) is 2.15. The first-order valence-corrected chi connectivity index (χ1v) is 7.14. The molecule has 2 N–H and O–H groups in total. The van der Waals surface area contributed by atoms with Crippen molar-refractivity contribution in [2.45, 2.75) is 37.9 Å². The molecule has 0 saturated carbocycles. The molecule has 3 unspecified atom stereocenters. The first kappa shape index (κ1) is 12.2. The van der Waals surface area contributed by atoms with Crippen LogP contribution in [0.3, 0.4) is 0 Å². The van der Waals surface area contributed by atoms with E-state index in [-0.39, 0.29) is 11.9 Å². The third kappa shape index (κ3) is 2.90. The van der Waals surface area contributed by atoms with Crippen LogP contribution in [0.25, 0.3) is 0 Å². The highest BCUT2D eigenvalue weighted by Gasteiger charge is 2.28. The number of hydrogen-bond acceptors (Lipinski definition) is 4. The second kappa shape index (κ2) is 5.38. The molecule has 0 aromatic heterocycles. The van der Waals surface area contributed by atoms with Gasteiger partial charge in [0.05, 0.1) is 6.04 Å². The molecule has 2 heterocycles. The molecule has 2 aliphatic heterocycles. The number of nitrogens with zero attached hydrogens (tertiary/aromatic N) is 1. The summed E-state index contributed by atoms with van der Waals surface area (Å²) in [6.45, 7) is 3.31. The van der Waals surface area contributed by atoms with Crippen molar-refractivity contribution in [2.24, 2.45) is 0 Å². The zero-order chi connectivity index (χ0) is 11.5. The Bertz CT molecular complexity index is 256. The number of carbonyl (C=O) groups is 1. The van der Waals surface area contributed by atoms with E-state index in [0.717, 1.165) is 31.0 Å². The first-order valence-electron chi connectivity index (χ1n) is 5.98. The van der Waals surface area contributed by atoms with Gasteiger partial charge in [-0.05, 0) is 26.8 Å². The molecule has 0 aromatic rings. The van der Waals surface area contributed by atoms with Crippen molar-refractivity contribution in [3.63, 3.8) is 0 Å². The molecule has 2 saturated heterocycles. The summed E-state index contributed by atoms with van der Waals surface area (Å²) in [4.78, 5) is 14.3. The fraction of sp³-hybridized carbons (Fsp3) is 0.909. The van der Waals surface area contributed by atoms with Gasteiger partial charge in [0, 0.05) is 30.3 Å². The van der Waals surface area contributed by atoms with E-state index >= 15 is 0 Å². The van der Waals surface area contributed by atoms with Gasteiger partial charge >= 0.3 is 0 Å². The Morgan fingerprint density at radius 3 is 3.00 bits per heavy atom. The fourth-order valence-electron chi connectivity index (χ4n) is 2.29. The molecule has 92 valence electrons. The van der Waals surface area contributed by atoms with Crippen LogP contribution >= 0.6 is 11.8 Å². The third-order valence-corrected chi connectivity index (χ3v) is 4.53. The van der Waals surface area contributed by atoms with E-state index in [9.17, 15) is 4.79 Å². The number of thioether (sulfide) groups is 1. The van der Waals surface area contributed by atoms with Crippen molar-refractivity contribution < 1.29 is 4.79 Å². The van der Waals surface area contributed by atoms with Crippen LogP contribution in [0.1, 0.15) is 19.8 Å². The molecule has 2 aliphatic rings. The minimum Gasteiger partial charge on any atom is -0.352 e. The summed E-state index contributed by atoms with van der Waals surface area (Å²) >= 11 is 1.79. The Labute approximate surface area is 102 Å². The third-order valence-electron chi connectivity index (χ3n) is 3.59. The van der Waals surface area contributed by atoms with Crippen LogP contribution in [0.15, 0.2) is 0 Å². The Kier molecular flexibility index (Phi) is 4.10. The summed E-state index contributed by atoms with van der Waals surface area (Å²) in [5, 5.41) is 6.38. The smallest absolute Gasteiger partial charge is 0.238 e. The lowest BCUT2D eigenvalue weighted by Crippen LogP contribution is -2.51. The second-order valence-electron chi connectivity index (χ2n) is 4.83. The van der Waals surface area contributed by atoms with Crippen LogP contribution < -0.4 is 10.6 Å². The summed E-state index contributed by atoms with van der Waals surface area (Å²) in [5.74, 6) is 2.00. The molecule has 3 atom stereocenters. The average molecular weight is 243 g/mol. The van der Waals surface area contributed by atoms with Crippen molar-refractivity contribution in [1.29, 1.82) is 0 Å². The maximum Gasteiger partial charge on any atom is 0.238 e. The summed E-state index contributed by atoms with van der Waals surface area (Å²) in [5.41, 5.74) is 0. The molecule has 0 aliphatic carbocycles. The zero-order valence-electron chi connectivity index (χ0n) is 10.0. The maximum absolute atomic E-state index is 11.9. The van der Waals surface area contributed by atoms with Gasteiger partial charge in [-0.25, -0.2) is 0 Å². The van der Waals surface area contributed by atoms with E-state index in [0.29, 0.717) is 12.1 Å². The van der Waals surface area contributed by atoms with Crippen LogP contribution in [0, 0.1) is 0 Å². The highest BCUT2D eigenvalue weighted by Crippen LogP contribution is 2.16. The van der Waals surface area contributed by atoms with Crippen molar-refractivity contribution >= 4 is 17.7 Å². The highest BCUT2D eigenvalue weighted by atomic mass is 32.2. The van der Waals surface area contributed by atoms with E-state index in [1.165, 1.54) is 0 Å². The summed E-state index contributed by atoms with van der Waals surface area (Å²) in [6.07, 6.45) is 2.15. The van der Waals surface area contributed by atoms with Gasteiger partial charge in [0.1, 0.15) is 0 Å². The number of amides is 1. The lowest BCUT2D eigenvalue weighted by molar-refractivity contribution is -0.123. The number of piperidine rings is 1. The quantitative estimate of drug-likeness (QED) is 0.730. The standard InChI is InChI=1S/C11H21N3OS/c1-8-5-9(3-4-14(8)2)13-11(15)10-6-16-7-12-10/h8-10,12H,3-7H2,1-2H3,(H,13,15). The van der Waals surface area contributed by atoms with Gasteiger partial charge in [0.15, 0.2) is 0 Å². The lowest BCUT2D eigenvalue weighted by atomic mass is 9.98. The predicted octanol–water partition coefficient (Wildman–Crippen LogP) is 0.248. The average Bonchev–Trinajstić information content (AvgIpc) is 2.77. The molecular formula is C11H21N3OS. The highest BCUT2D eigenvalue weighted by molar-refractivity contribution is 7.99. The molecule has 0 aromatic carbocycles. The Balaban J connectivity index is 1.78. The van der Waals surface area contributed by atoms with Crippen molar-refractivity contribution in [1.82, 2.24) is 15.5 Å². The zero-order valence-corrected chi connectivity index (χ0v) is 10.8. The van der Waals surface area contributed by atoms with Crippen molar-refractivity contribution in [2.75, 3.05) is 25.2 Å². The molecule has 2 rings (SSSR count). The molecule has 5 heteroatoms. The molecule has 0 bridgehead atoms. The van der Waals surface area contributed by atoms with Crippen LogP contribution in [0.5, 0.6) is 0 Å². The molecular weight excluding hydrogens is 222 g/mol. The molecule has 1 amide bonds. The minimum atomic E-state index is 0.0277. The Morgan fingerprint density at radius 2 is 2.38 bits per heavy atom. The van der Waals surface area contributed by atoms with Crippen molar-refractivity contribution in [3.05, 3.63) is 0 Å². The van der Waals surface area contributed by atoms with Crippen LogP contribution in [0.2, 0.25) is 0 Å². The van der Waals surface area contributed by atoms with Crippen LogP contribution in [0.4, 0.5) is 0 Å².